The minimum absolute atomic E-state index is 0.346. The molecule has 0 fully saturated rings. The van der Waals surface area contributed by atoms with Crippen LogP contribution in [0.5, 0.6) is 0 Å². The highest BCUT2D eigenvalue weighted by molar-refractivity contribution is 5.82. The molecule has 2 amide bonds. The van der Waals surface area contributed by atoms with Crippen LogP contribution in [0.25, 0.3) is 0 Å². The molecule has 2 atom stereocenters. The fourth-order valence-corrected chi connectivity index (χ4v) is 1.81. The second-order valence-electron chi connectivity index (χ2n) is 4.96. The Hall–Kier alpha value is -2.04. The fourth-order valence-electron chi connectivity index (χ4n) is 1.81. The highest BCUT2D eigenvalue weighted by Gasteiger charge is 2.21. The molecule has 5 heteroatoms. The van der Waals surface area contributed by atoms with Crippen molar-refractivity contribution in [2.45, 2.75) is 32.2 Å². The van der Waals surface area contributed by atoms with Crippen LogP contribution in [0.2, 0.25) is 0 Å². The van der Waals surface area contributed by atoms with E-state index >= 15 is 0 Å². The number of amides is 2. The van der Waals surface area contributed by atoms with Crippen LogP contribution in [0.4, 0.5) is 4.79 Å². The third kappa shape index (κ3) is 4.57. The molecular formula is C15H22N2O3. The van der Waals surface area contributed by atoms with Crippen LogP contribution in [0.3, 0.4) is 0 Å². The third-order valence-electron chi connectivity index (χ3n) is 3.48. The Morgan fingerprint density at radius 3 is 2.40 bits per heavy atom. The van der Waals surface area contributed by atoms with Crippen molar-refractivity contribution in [1.82, 2.24) is 10.2 Å². The van der Waals surface area contributed by atoms with E-state index in [-0.39, 0.29) is 6.03 Å². The van der Waals surface area contributed by atoms with E-state index in [2.05, 4.69) is 24.4 Å². The average molecular weight is 278 g/mol. The van der Waals surface area contributed by atoms with Gasteiger partial charge in [-0.05, 0) is 24.8 Å². The SMILES string of the molecule is CC(CCNC(=O)N(C)C(C)C(=O)O)c1ccccc1. The van der Waals surface area contributed by atoms with Gasteiger partial charge in [0.25, 0.3) is 0 Å². The summed E-state index contributed by atoms with van der Waals surface area (Å²) < 4.78 is 0. The second-order valence-corrected chi connectivity index (χ2v) is 4.96. The van der Waals surface area contributed by atoms with Gasteiger partial charge in [0.05, 0.1) is 0 Å². The molecule has 1 aromatic carbocycles. The number of benzene rings is 1. The van der Waals surface area contributed by atoms with Crippen LogP contribution in [-0.2, 0) is 4.79 Å². The van der Waals surface area contributed by atoms with Crippen molar-refractivity contribution in [2.24, 2.45) is 0 Å². The minimum Gasteiger partial charge on any atom is -0.480 e. The van der Waals surface area contributed by atoms with E-state index in [4.69, 9.17) is 5.11 Å². The van der Waals surface area contributed by atoms with Gasteiger partial charge in [0.1, 0.15) is 6.04 Å². The van der Waals surface area contributed by atoms with Crippen molar-refractivity contribution >= 4 is 12.0 Å². The molecule has 0 aliphatic heterocycles. The summed E-state index contributed by atoms with van der Waals surface area (Å²) in [5.74, 6) is -0.668. The van der Waals surface area contributed by atoms with Crippen LogP contribution < -0.4 is 5.32 Å². The van der Waals surface area contributed by atoms with Gasteiger partial charge in [-0.3, -0.25) is 0 Å². The van der Waals surface area contributed by atoms with Gasteiger partial charge in [-0.15, -0.1) is 0 Å². The molecular weight excluding hydrogens is 256 g/mol. The van der Waals surface area contributed by atoms with Crippen molar-refractivity contribution in [2.75, 3.05) is 13.6 Å². The molecule has 110 valence electrons. The van der Waals surface area contributed by atoms with E-state index in [1.165, 1.54) is 24.4 Å². The zero-order valence-corrected chi connectivity index (χ0v) is 12.2. The Balaban J connectivity index is 2.37. The molecule has 0 aliphatic rings. The Labute approximate surface area is 119 Å². The first-order chi connectivity index (χ1) is 9.43. The van der Waals surface area contributed by atoms with Crippen molar-refractivity contribution in [3.63, 3.8) is 0 Å². The topological polar surface area (TPSA) is 69.6 Å². The number of likely N-dealkylation sites (N-methyl/N-ethyl adjacent to an activating group) is 1. The summed E-state index contributed by atoms with van der Waals surface area (Å²) in [4.78, 5) is 23.7. The van der Waals surface area contributed by atoms with E-state index in [9.17, 15) is 9.59 Å². The van der Waals surface area contributed by atoms with Crippen molar-refractivity contribution in [1.29, 1.82) is 0 Å². The molecule has 1 aromatic rings. The molecule has 2 unspecified atom stereocenters. The average Bonchev–Trinajstić information content (AvgIpc) is 2.46. The zero-order chi connectivity index (χ0) is 15.1. The maximum atomic E-state index is 11.8. The molecule has 5 nitrogen and oxygen atoms in total. The molecule has 2 N–H and O–H groups in total. The third-order valence-corrected chi connectivity index (χ3v) is 3.48. The van der Waals surface area contributed by atoms with Crippen molar-refractivity contribution < 1.29 is 14.7 Å². The van der Waals surface area contributed by atoms with Gasteiger partial charge < -0.3 is 15.3 Å². The predicted octanol–water partition coefficient (Wildman–Crippen LogP) is 2.29. The van der Waals surface area contributed by atoms with E-state index in [0.717, 1.165) is 6.42 Å². The highest BCUT2D eigenvalue weighted by atomic mass is 16.4. The number of hydrogen-bond acceptors (Lipinski definition) is 2. The Kier molecular flexibility index (Phi) is 6.03. The van der Waals surface area contributed by atoms with Gasteiger partial charge in [0, 0.05) is 13.6 Å². The molecule has 0 bridgehead atoms. The number of carboxylic acids is 1. The quantitative estimate of drug-likeness (QED) is 0.838. The number of carbonyl (C=O) groups is 2. The lowest BCUT2D eigenvalue weighted by Crippen LogP contribution is -2.46. The second kappa shape index (κ2) is 7.53. The maximum absolute atomic E-state index is 11.8. The number of aliphatic carboxylic acids is 1. The molecule has 0 spiro atoms. The van der Waals surface area contributed by atoms with E-state index in [0.29, 0.717) is 12.5 Å². The minimum atomic E-state index is -1.01. The molecule has 20 heavy (non-hydrogen) atoms. The van der Waals surface area contributed by atoms with Gasteiger partial charge >= 0.3 is 12.0 Å². The van der Waals surface area contributed by atoms with Crippen LogP contribution >= 0.6 is 0 Å². The van der Waals surface area contributed by atoms with Crippen molar-refractivity contribution in [3.05, 3.63) is 35.9 Å². The summed E-state index contributed by atoms with van der Waals surface area (Å²) in [6.07, 6.45) is 0.811. The smallest absolute Gasteiger partial charge is 0.326 e. The van der Waals surface area contributed by atoms with Gasteiger partial charge in [-0.25, -0.2) is 9.59 Å². The number of rotatable bonds is 6. The number of nitrogens with one attached hydrogen (secondary N) is 1. The first kappa shape index (κ1) is 16.0. The number of carboxylic acid groups (broad SMARTS) is 1. The van der Waals surface area contributed by atoms with E-state index in [1.807, 2.05) is 18.2 Å². The van der Waals surface area contributed by atoms with Crippen LogP contribution in [-0.4, -0.2) is 41.6 Å². The zero-order valence-electron chi connectivity index (χ0n) is 12.2. The van der Waals surface area contributed by atoms with Gasteiger partial charge in [-0.1, -0.05) is 37.3 Å². The summed E-state index contributed by atoms with van der Waals surface area (Å²) in [6.45, 7) is 4.10. The Morgan fingerprint density at radius 1 is 1.25 bits per heavy atom. The predicted molar refractivity (Wildman–Crippen MR) is 77.7 cm³/mol. The molecule has 0 saturated heterocycles. The lowest BCUT2D eigenvalue weighted by atomic mass is 9.98. The van der Waals surface area contributed by atoms with Gasteiger partial charge in [-0.2, -0.15) is 0 Å². The largest absolute Gasteiger partial charge is 0.480 e. The first-order valence-corrected chi connectivity index (χ1v) is 6.72. The molecule has 1 rings (SSSR count). The monoisotopic (exact) mass is 278 g/mol. The molecule has 0 radical (unpaired) electrons. The van der Waals surface area contributed by atoms with Gasteiger partial charge in [0.15, 0.2) is 0 Å². The lowest BCUT2D eigenvalue weighted by Gasteiger charge is -2.22. The summed E-state index contributed by atoms with van der Waals surface area (Å²) in [5, 5.41) is 11.6. The number of urea groups is 1. The van der Waals surface area contributed by atoms with Crippen LogP contribution in [0, 0.1) is 0 Å². The Morgan fingerprint density at radius 2 is 1.85 bits per heavy atom. The fraction of sp³-hybridized carbons (Fsp3) is 0.467. The maximum Gasteiger partial charge on any atom is 0.326 e. The standard InChI is InChI=1S/C15H22N2O3/c1-11(13-7-5-4-6-8-13)9-10-16-15(20)17(3)12(2)14(18)19/h4-8,11-12H,9-10H2,1-3H3,(H,16,20)(H,18,19). The number of hydrogen-bond donors (Lipinski definition) is 2. The van der Waals surface area contributed by atoms with Crippen LogP contribution in [0.15, 0.2) is 30.3 Å². The molecule has 0 aliphatic carbocycles. The molecule has 0 aromatic heterocycles. The molecule has 0 saturated carbocycles. The lowest BCUT2D eigenvalue weighted by molar-refractivity contribution is -0.141. The normalized spacial score (nSPS) is 13.3. The highest BCUT2D eigenvalue weighted by Crippen LogP contribution is 2.17. The summed E-state index contributed by atoms with van der Waals surface area (Å²) >= 11 is 0. The summed E-state index contributed by atoms with van der Waals surface area (Å²) in [6, 6.07) is 8.89. The first-order valence-electron chi connectivity index (χ1n) is 6.72. The Bertz CT molecular complexity index is 448. The molecule has 0 heterocycles. The number of carbonyl (C=O) groups excluding carboxylic acids is 1. The van der Waals surface area contributed by atoms with E-state index < -0.39 is 12.0 Å². The van der Waals surface area contributed by atoms with Crippen molar-refractivity contribution in [3.8, 4) is 0 Å². The van der Waals surface area contributed by atoms with Gasteiger partial charge in [0.2, 0.25) is 0 Å². The summed E-state index contributed by atoms with van der Waals surface area (Å²) in [5.41, 5.74) is 1.23. The van der Waals surface area contributed by atoms with Crippen LogP contribution in [0.1, 0.15) is 31.7 Å². The van der Waals surface area contributed by atoms with E-state index in [1.54, 1.807) is 0 Å². The number of nitrogens with zero attached hydrogens (tertiary/aromatic N) is 1. The summed E-state index contributed by atoms with van der Waals surface area (Å²) in [7, 11) is 1.48.